The minimum atomic E-state index is -1.31. The normalized spacial score (nSPS) is 11.4. The summed E-state index contributed by atoms with van der Waals surface area (Å²) in [5.74, 6) is -3.90. The van der Waals surface area contributed by atoms with Crippen LogP contribution in [0.25, 0.3) is 0 Å². The van der Waals surface area contributed by atoms with Crippen molar-refractivity contribution in [3.8, 4) is 0 Å². The van der Waals surface area contributed by atoms with Crippen molar-refractivity contribution in [1.29, 1.82) is 0 Å². The van der Waals surface area contributed by atoms with Crippen molar-refractivity contribution in [3.05, 3.63) is 99.0 Å². The van der Waals surface area contributed by atoms with Crippen LogP contribution in [0.3, 0.4) is 0 Å². The van der Waals surface area contributed by atoms with Crippen LogP contribution in [0.1, 0.15) is 36.6 Å². The van der Waals surface area contributed by atoms with Crippen molar-refractivity contribution in [2.45, 2.75) is 12.5 Å². The third kappa shape index (κ3) is 5.92. The van der Waals surface area contributed by atoms with Crippen LogP contribution in [0, 0.1) is 0 Å². The number of carbonyl (C=O) groups excluding carboxylic acids is 2. The average molecular weight is 501 g/mol. The van der Waals surface area contributed by atoms with Crippen LogP contribution in [0.15, 0.2) is 66.7 Å². The van der Waals surface area contributed by atoms with Gasteiger partial charge in [-0.15, -0.1) is 0 Å². The number of amides is 2. The molecule has 1 atom stereocenters. The number of aliphatic carboxylic acids is 1. The van der Waals surface area contributed by atoms with Crippen molar-refractivity contribution in [2.75, 3.05) is 5.32 Å². The first kappa shape index (κ1) is 24.8. The highest BCUT2D eigenvalue weighted by atomic mass is 35.5. The summed E-state index contributed by atoms with van der Waals surface area (Å²) in [6.45, 7) is 0. The predicted octanol–water partition coefficient (Wildman–Crippen LogP) is 4.37. The van der Waals surface area contributed by atoms with Gasteiger partial charge < -0.3 is 20.8 Å². The van der Waals surface area contributed by atoms with Gasteiger partial charge in [-0.05, 0) is 42.0 Å². The summed E-state index contributed by atoms with van der Waals surface area (Å²) in [5, 5.41) is 24.2. The molecule has 0 heterocycles. The van der Waals surface area contributed by atoms with Crippen LogP contribution in [-0.2, 0) is 11.2 Å². The second-order valence-corrected chi connectivity index (χ2v) is 7.98. The maximum Gasteiger partial charge on any atom is 0.336 e. The molecule has 0 bridgehead atoms. The molecule has 0 aliphatic heterocycles. The Hall–Kier alpha value is -3.88. The molecule has 34 heavy (non-hydrogen) atoms. The molecule has 0 aromatic heterocycles. The lowest BCUT2D eigenvalue weighted by atomic mass is 10.0. The standard InChI is InChI=1S/C24H18Cl2N2O6/c25-17-6-3-7-18(26)20(17)22(30)27-14-10-8-13(9-11-14)12-19(24(33)34)28-21(29)15-4-1-2-5-16(15)23(31)32/h1-11,19H,12H2,(H,27,30)(H,28,29)(H,31,32)(H,33,34)/t19-/m0/s1. The lowest BCUT2D eigenvalue weighted by Gasteiger charge is -2.16. The number of carboxylic acid groups (broad SMARTS) is 2. The van der Waals surface area contributed by atoms with E-state index < -0.39 is 29.8 Å². The van der Waals surface area contributed by atoms with Crippen molar-refractivity contribution in [3.63, 3.8) is 0 Å². The Morgan fingerprint density at radius 3 is 1.91 bits per heavy atom. The molecule has 0 aliphatic rings. The summed E-state index contributed by atoms with van der Waals surface area (Å²) < 4.78 is 0. The number of aromatic carboxylic acids is 1. The Bertz CT molecular complexity index is 1240. The van der Waals surface area contributed by atoms with E-state index in [1.54, 1.807) is 42.5 Å². The van der Waals surface area contributed by atoms with Gasteiger partial charge in [-0.2, -0.15) is 0 Å². The molecule has 0 aliphatic carbocycles. The zero-order valence-corrected chi connectivity index (χ0v) is 18.9. The molecule has 0 unspecified atom stereocenters. The van der Waals surface area contributed by atoms with Crippen molar-refractivity contribution >= 4 is 52.6 Å². The number of carboxylic acids is 2. The van der Waals surface area contributed by atoms with Crippen LogP contribution >= 0.6 is 23.2 Å². The zero-order chi connectivity index (χ0) is 24.8. The van der Waals surface area contributed by atoms with Gasteiger partial charge >= 0.3 is 11.9 Å². The summed E-state index contributed by atoms with van der Waals surface area (Å²) in [4.78, 5) is 48.1. The third-order valence-corrected chi connectivity index (χ3v) is 5.48. The summed E-state index contributed by atoms with van der Waals surface area (Å²) in [6.07, 6.45) is -0.0686. The van der Waals surface area contributed by atoms with Crippen LogP contribution in [0.2, 0.25) is 10.0 Å². The quantitative estimate of drug-likeness (QED) is 0.363. The molecule has 0 radical (unpaired) electrons. The van der Waals surface area contributed by atoms with Crippen molar-refractivity contribution in [1.82, 2.24) is 5.32 Å². The molecule has 3 aromatic carbocycles. The first-order valence-corrected chi connectivity index (χ1v) is 10.6. The van der Waals surface area contributed by atoms with Crippen LogP contribution < -0.4 is 10.6 Å². The second-order valence-electron chi connectivity index (χ2n) is 7.17. The van der Waals surface area contributed by atoms with Gasteiger partial charge in [0.05, 0.1) is 26.7 Å². The molecule has 4 N–H and O–H groups in total. The van der Waals surface area contributed by atoms with E-state index in [4.69, 9.17) is 23.2 Å². The van der Waals surface area contributed by atoms with Gasteiger partial charge in [0.2, 0.25) is 0 Å². The predicted molar refractivity (Wildman–Crippen MR) is 127 cm³/mol. The van der Waals surface area contributed by atoms with E-state index in [0.29, 0.717) is 11.3 Å². The minimum Gasteiger partial charge on any atom is -0.480 e. The lowest BCUT2D eigenvalue weighted by Crippen LogP contribution is -2.42. The van der Waals surface area contributed by atoms with E-state index >= 15 is 0 Å². The van der Waals surface area contributed by atoms with E-state index in [2.05, 4.69) is 10.6 Å². The second kappa shape index (κ2) is 10.8. The number of anilines is 1. The summed E-state index contributed by atoms with van der Waals surface area (Å²) in [7, 11) is 0. The number of nitrogens with one attached hydrogen (secondary N) is 2. The Morgan fingerprint density at radius 2 is 1.35 bits per heavy atom. The summed E-state index contributed by atoms with van der Waals surface area (Å²) in [6, 6.07) is 15.2. The maximum absolute atomic E-state index is 12.5. The summed E-state index contributed by atoms with van der Waals surface area (Å²) in [5.41, 5.74) is 0.745. The zero-order valence-electron chi connectivity index (χ0n) is 17.4. The molecule has 2 amide bonds. The molecule has 10 heteroatoms. The third-order valence-electron chi connectivity index (χ3n) is 4.85. The van der Waals surface area contributed by atoms with Gasteiger partial charge in [0.15, 0.2) is 0 Å². The van der Waals surface area contributed by atoms with Gasteiger partial charge in [0.1, 0.15) is 6.04 Å². The van der Waals surface area contributed by atoms with Gasteiger partial charge in [0.25, 0.3) is 11.8 Å². The fourth-order valence-electron chi connectivity index (χ4n) is 3.17. The Kier molecular flexibility index (Phi) is 7.88. The van der Waals surface area contributed by atoms with E-state index in [0.717, 1.165) is 0 Å². The van der Waals surface area contributed by atoms with Crippen LogP contribution in [0.4, 0.5) is 5.69 Å². The highest BCUT2D eigenvalue weighted by Crippen LogP contribution is 2.25. The lowest BCUT2D eigenvalue weighted by molar-refractivity contribution is -0.139. The molecule has 174 valence electrons. The van der Waals surface area contributed by atoms with E-state index in [9.17, 15) is 29.4 Å². The topological polar surface area (TPSA) is 133 Å². The number of carbonyl (C=O) groups is 4. The molecular formula is C24H18Cl2N2O6. The van der Waals surface area contributed by atoms with Crippen LogP contribution in [0.5, 0.6) is 0 Å². The molecule has 8 nitrogen and oxygen atoms in total. The fourth-order valence-corrected chi connectivity index (χ4v) is 3.74. The molecule has 0 fully saturated rings. The number of hydrogen-bond donors (Lipinski definition) is 4. The van der Waals surface area contributed by atoms with Gasteiger partial charge in [-0.3, -0.25) is 9.59 Å². The maximum atomic E-state index is 12.5. The molecule has 3 aromatic rings. The smallest absolute Gasteiger partial charge is 0.336 e. The number of benzene rings is 3. The Labute approximate surface area is 204 Å². The molecular weight excluding hydrogens is 483 g/mol. The van der Waals surface area contributed by atoms with Gasteiger partial charge in [0, 0.05) is 12.1 Å². The molecule has 3 rings (SSSR count). The van der Waals surface area contributed by atoms with Crippen LogP contribution in [-0.4, -0.2) is 40.0 Å². The van der Waals surface area contributed by atoms with E-state index in [1.165, 1.54) is 24.3 Å². The number of halogens is 2. The van der Waals surface area contributed by atoms with Gasteiger partial charge in [-0.1, -0.05) is 53.5 Å². The van der Waals surface area contributed by atoms with Gasteiger partial charge in [-0.25, -0.2) is 9.59 Å². The van der Waals surface area contributed by atoms with Crippen molar-refractivity contribution < 1.29 is 29.4 Å². The highest BCUT2D eigenvalue weighted by molar-refractivity contribution is 6.40. The van der Waals surface area contributed by atoms with Crippen molar-refractivity contribution in [2.24, 2.45) is 0 Å². The molecule has 0 saturated carbocycles. The van der Waals surface area contributed by atoms with E-state index in [1.807, 2.05) is 0 Å². The first-order valence-electron chi connectivity index (χ1n) is 9.87. The monoisotopic (exact) mass is 500 g/mol. The Morgan fingerprint density at radius 1 is 0.765 bits per heavy atom. The number of hydrogen-bond acceptors (Lipinski definition) is 4. The first-order chi connectivity index (χ1) is 16.2. The SMILES string of the molecule is O=C(O)c1ccccc1C(=O)N[C@@H](Cc1ccc(NC(=O)c2c(Cl)cccc2Cl)cc1)C(=O)O. The minimum absolute atomic E-state index is 0.0686. The summed E-state index contributed by atoms with van der Waals surface area (Å²) >= 11 is 12.1. The average Bonchev–Trinajstić information content (AvgIpc) is 2.79. The fraction of sp³-hybridized carbons (Fsp3) is 0.0833. The largest absolute Gasteiger partial charge is 0.480 e. The Balaban J connectivity index is 1.70. The van der Waals surface area contributed by atoms with E-state index in [-0.39, 0.29) is 33.2 Å². The number of rotatable bonds is 8. The molecule has 0 spiro atoms. The highest BCUT2D eigenvalue weighted by Gasteiger charge is 2.24. The molecule has 0 saturated heterocycles.